The van der Waals surface area contributed by atoms with Crippen molar-refractivity contribution in [1.82, 2.24) is 0 Å². The zero-order chi connectivity index (χ0) is 15.5. The summed E-state index contributed by atoms with van der Waals surface area (Å²) in [7, 11) is 0. The molecule has 1 atom stereocenters. The topological polar surface area (TPSA) is 66.8 Å². The van der Waals surface area contributed by atoms with Crippen molar-refractivity contribution >= 4 is 21.9 Å². The van der Waals surface area contributed by atoms with Gasteiger partial charge in [-0.3, -0.25) is 4.79 Å². The van der Waals surface area contributed by atoms with Crippen LogP contribution in [-0.4, -0.2) is 16.2 Å². The molecule has 0 heterocycles. The third-order valence-electron chi connectivity index (χ3n) is 3.02. The van der Waals surface area contributed by atoms with E-state index in [4.69, 9.17) is 9.84 Å². The maximum Gasteiger partial charge on any atom is 0.306 e. The summed E-state index contributed by atoms with van der Waals surface area (Å²) in [5, 5.41) is 18.9. The lowest BCUT2D eigenvalue weighted by Crippen LogP contribution is -2.24. The molecule has 0 aliphatic carbocycles. The summed E-state index contributed by atoms with van der Waals surface area (Å²) < 4.78 is 6.63. The van der Waals surface area contributed by atoms with Gasteiger partial charge in [0.15, 0.2) is 0 Å². The van der Waals surface area contributed by atoms with Crippen LogP contribution in [0.25, 0.3) is 0 Å². The van der Waals surface area contributed by atoms with Crippen molar-refractivity contribution in [3.63, 3.8) is 0 Å². The van der Waals surface area contributed by atoms with Crippen LogP contribution in [0.3, 0.4) is 0 Å². The highest BCUT2D eigenvalue weighted by atomic mass is 79.9. The summed E-state index contributed by atoms with van der Waals surface area (Å²) in [4.78, 5) is 10.7. The summed E-state index contributed by atoms with van der Waals surface area (Å²) in [6.45, 7) is 1.48. The van der Waals surface area contributed by atoms with Gasteiger partial charge in [-0.25, -0.2) is 0 Å². The molecule has 110 valence electrons. The average Bonchev–Trinajstić information content (AvgIpc) is 2.41. The van der Waals surface area contributed by atoms with E-state index in [-0.39, 0.29) is 6.42 Å². The SMILES string of the molecule is CC(O)(CC(=O)O)c1ccc(Oc2ccc(Br)cc2)cc1. The number of carboxylic acid groups (broad SMARTS) is 1. The first kappa shape index (κ1) is 15.5. The molecule has 0 aromatic heterocycles. The maximum atomic E-state index is 10.7. The average molecular weight is 351 g/mol. The van der Waals surface area contributed by atoms with E-state index < -0.39 is 11.6 Å². The van der Waals surface area contributed by atoms with Crippen LogP contribution < -0.4 is 4.74 Å². The monoisotopic (exact) mass is 350 g/mol. The molecule has 0 amide bonds. The quantitative estimate of drug-likeness (QED) is 0.857. The van der Waals surface area contributed by atoms with E-state index in [0.717, 1.165) is 4.47 Å². The van der Waals surface area contributed by atoms with Crippen LogP contribution in [0.1, 0.15) is 18.9 Å². The zero-order valence-corrected chi connectivity index (χ0v) is 13.0. The van der Waals surface area contributed by atoms with Crippen molar-refractivity contribution in [3.05, 3.63) is 58.6 Å². The molecule has 0 fully saturated rings. The lowest BCUT2D eigenvalue weighted by Gasteiger charge is -2.21. The molecule has 2 N–H and O–H groups in total. The highest BCUT2D eigenvalue weighted by Gasteiger charge is 2.26. The summed E-state index contributed by atoms with van der Waals surface area (Å²) >= 11 is 3.35. The highest BCUT2D eigenvalue weighted by molar-refractivity contribution is 9.10. The van der Waals surface area contributed by atoms with Crippen molar-refractivity contribution < 1.29 is 19.7 Å². The van der Waals surface area contributed by atoms with Crippen LogP contribution in [0.15, 0.2) is 53.0 Å². The Bertz CT molecular complexity index is 618. The summed E-state index contributed by atoms with van der Waals surface area (Å²) in [6, 6.07) is 14.1. The minimum absolute atomic E-state index is 0.347. The molecular weight excluding hydrogens is 336 g/mol. The summed E-state index contributed by atoms with van der Waals surface area (Å²) in [5.74, 6) is 0.269. The zero-order valence-electron chi connectivity index (χ0n) is 11.4. The molecule has 0 aliphatic heterocycles. The normalized spacial score (nSPS) is 13.5. The molecular formula is C16H15BrO4. The molecule has 4 nitrogen and oxygen atoms in total. The van der Waals surface area contributed by atoms with E-state index in [1.54, 1.807) is 24.3 Å². The van der Waals surface area contributed by atoms with Crippen molar-refractivity contribution in [2.24, 2.45) is 0 Å². The van der Waals surface area contributed by atoms with E-state index in [1.807, 2.05) is 24.3 Å². The van der Waals surface area contributed by atoms with Gasteiger partial charge in [-0.2, -0.15) is 0 Å². The second-order valence-electron chi connectivity index (χ2n) is 4.92. The molecule has 1 unspecified atom stereocenters. The number of aliphatic hydroxyl groups is 1. The van der Waals surface area contributed by atoms with E-state index in [0.29, 0.717) is 17.1 Å². The first-order valence-electron chi connectivity index (χ1n) is 6.35. The van der Waals surface area contributed by atoms with Crippen molar-refractivity contribution in [1.29, 1.82) is 0 Å². The number of carboxylic acids is 1. The first-order chi connectivity index (χ1) is 9.87. The number of hydrogen-bond acceptors (Lipinski definition) is 3. The fraction of sp³-hybridized carbons (Fsp3) is 0.188. The molecule has 0 bridgehead atoms. The Morgan fingerprint density at radius 3 is 2.05 bits per heavy atom. The van der Waals surface area contributed by atoms with E-state index in [2.05, 4.69) is 15.9 Å². The van der Waals surface area contributed by atoms with Gasteiger partial charge in [-0.1, -0.05) is 28.1 Å². The van der Waals surface area contributed by atoms with Gasteiger partial charge < -0.3 is 14.9 Å². The van der Waals surface area contributed by atoms with Gasteiger partial charge in [0.1, 0.15) is 11.5 Å². The largest absolute Gasteiger partial charge is 0.481 e. The van der Waals surface area contributed by atoms with Gasteiger partial charge in [-0.05, 0) is 48.9 Å². The second-order valence-corrected chi connectivity index (χ2v) is 5.84. The van der Waals surface area contributed by atoms with Crippen molar-refractivity contribution in [2.45, 2.75) is 18.9 Å². The molecule has 0 saturated carbocycles. The number of hydrogen-bond donors (Lipinski definition) is 2. The smallest absolute Gasteiger partial charge is 0.306 e. The molecule has 0 saturated heterocycles. The minimum Gasteiger partial charge on any atom is -0.481 e. The van der Waals surface area contributed by atoms with Crippen molar-refractivity contribution in [3.8, 4) is 11.5 Å². The van der Waals surface area contributed by atoms with Crippen LogP contribution in [0.2, 0.25) is 0 Å². The predicted octanol–water partition coefficient (Wildman–Crippen LogP) is 3.92. The van der Waals surface area contributed by atoms with Gasteiger partial charge in [0.25, 0.3) is 0 Å². The fourth-order valence-corrected chi connectivity index (χ4v) is 2.18. The summed E-state index contributed by atoms with van der Waals surface area (Å²) in [5.41, 5.74) is -0.866. The standard InChI is InChI=1S/C16H15BrO4/c1-16(20,10-15(18)19)11-2-6-13(7-3-11)21-14-8-4-12(17)5-9-14/h2-9,20H,10H2,1H3,(H,18,19). The number of ether oxygens (including phenoxy) is 1. The van der Waals surface area contributed by atoms with Gasteiger partial charge in [0, 0.05) is 4.47 Å². The van der Waals surface area contributed by atoms with Crippen LogP contribution in [0.4, 0.5) is 0 Å². The molecule has 0 radical (unpaired) electrons. The van der Waals surface area contributed by atoms with Crippen LogP contribution in [-0.2, 0) is 10.4 Å². The van der Waals surface area contributed by atoms with Gasteiger partial charge in [-0.15, -0.1) is 0 Å². The number of aliphatic carboxylic acids is 1. The Morgan fingerprint density at radius 1 is 1.10 bits per heavy atom. The Morgan fingerprint density at radius 2 is 1.57 bits per heavy atom. The van der Waals surface area contributed by atoms with Gasteiger partial charge >= 0.3 is 5.97 Å². The molecule has 2 aromatic rings. The minimum atomic E-state index is -1.40. The Hall–Kier alpha value is -1.85. The molecule has 0 spiro atoms. The van der Waals surface area contributed by atoms with Crippen LogP contribution >= 0.6 is 15.9 Å². The summed E-state index contributed by atoms with van der Waals surface area (Å²) in [6.07, 6.45) is -0.347. The number of carbonyl (C=O) groups is 1. The molecule has 21 heavy (non-hydrogen) atoms. The molecule has 2 aromatic carbocycles. The second kappa shape index (κ2) is 6.28. The first-order valence-corrected chi connectivity index (χ1v) is 7.14. The molecule has 5 heteroatoms. The van der Waals surface area contributed by atoms with Crippen molar-refractivity contribution in [2.75, 3.05) is 0 Å². The Kier molecular flexibility index (Phi) is 4.65. The van der Waals surface area contributed by atoms with Gasteiger partial charge in [0.2, 0.25) is 0 Å². The maximum absolute atomic E-state index is 10.7. The van der Waals surface area contributed by atoms with E-state index in [9.17, 15) is 9.90 Å². The Labute approximate surface area is 131 Å². The predicted molar refractivity (Wildman–Crippen MR) is 82.5 cm³/mol. The van der Waals surface area contributed by atoms with E-state index >= 15 is 0 Å². The third kappa shape index (κ3) is 4.31. The molecule has 2 rings (SSSR count). The molecule has 0 aliphatic rings. The third-order valence-corrected chi connectivity index (χ3v) is 3.55. The lowest BCUT2D eigenvalue weighted by molar-refractivity contribution is -0.142. The van der Waals surface area contributed by atoms with E-state index in [1.165, 1.54) is 6.92 Å². The fourth-order valence-electron chi connectivity index (χ4n) is 1.92. The Balaban J connectivity index is 2.11. The highest BCUT2D eigenvalue weighted by Crippen LogP contribution is 2.28. The number of rotatable bonds is 5. The van der Waals surface area contributed by atoms with Crippen LogP contribution in [0.5, 0.6) is 11.5 Å². The van der Waals surface area contributed by atoms with Crippen LogP contribution in [0, 0.1) is 0 Å². The number of benzene rings is 2. The van der Waals surface area contributed by atoms with Gasteiger partial charge in [0.05, 0.1) is 12.0 Å². The number of halogens is 1. The lowest BCUT2D eigenvalue weighted by atomic mass is 9.93.